The summed E-state index contributed by atoms with van der Waals surface area (Å²) in [6, 6.07) is 8.20. The third-order valence-corrected chi connectivity index (χ3v) is 7.59. The molecule has 7 nitrogen and oxygen atoms in total. The fraction of sp³-hybridized carbons (Fsp3) is 0.522. The normalized spacial score (nSPS) is 13.8. The molecule has 0 aliphatic carbocycles. The summed E-state index contributed by atoms with van der Waals surface area (Å²) in [7, 11) is -1.22. The van der Waals surface area contributed by atoms with Gasteiger partial charge in [0.1, 0.15) is 34.2 Å². The number of pyridine rings is 1. The highest BCUT2D eigenvalue weighted by Crippen LogP contribution is 2.22. The SMILES string of the molecule is CCOC(=O)c1cc(C(=N[S+]([O-])C(C)(C)C)c2ccccn2)cn1COCC[Si](C)(C)C. The van der Waals surface area contributed by atoms with Crippen LogP contribution in [0.2, 0.25) is 25.7 Å². The molecule has 9 heteroatoms. The molecule has 0 saturated heterocycles. The Morgan fingerprint density at radius 2 is 2.00 bits per heavy atom. The van der Waals surface area contributed by atoms with Crippen LogP contribution in [0.4, 0.5) is 0 Å². The number of carbonyl (C=O) groups is 1. The molecule has 2 heterocycles. The van der Waals surface area contributed by atoms with Gasteiger partial charge in [0.25, 0.3) is 0 Å². The average Bonchev–Trinajstić information content (AvgIpc) is 3.12. The predicted octanol–water partition coefficient (Wildman–Crippen LogP) is 4.67. The Labute approximate surface area is 195 Å². The van der Waals surface area contributed by atoms with Crippen molar-refractivity contribution < 1.29 is 18.8 Å². The first-order valence-electron chi connectivity index (χ1n) is 10.8. The van der Waals surface area contributed by atoms with Gasteiger partial charge in [0.15, 0.2) is 0 Å². The maximum Gasteiger partial charge on any atom is 0.355 e. The van der Waals surface area contributed by atoms with E-state index in [9.17, 15) is 9.35 Å². The third-order valence-electron chi connectivity index (χ3n) is 4.49. The zero-order valence-corrected chi connectivity index (χ0v) is 22.0. The molecule has 0 saturated carbocycles. The van der Waals surface area contributed by atoms with E-state index in [4.69, 9.17) is 9.47 Å². The van der Waals surface area contributed by atoms with E-state index in [2.05, 4.69) is 29.0 Å². The quantitative estimate of drug-likeness (QED) is 0.163. The van der Waals surface area contributed by atoms with Crippen LogP contribution in [0, 0.1) is 0 Å². The van der Waals surface area contributed by atoms with Crippen LogP contribution in [0.15, 0.2) is 41.1 Å². The summed E-state index contributed by atoms with van der Waals surface area (Å²) in [5.74, 6) is -0.440. The number of rotatable bonds is 10. The van der Waals surface area contributed by atoms with Crippen molar-refractivity contribution in [2.45, 2.75) is 64.9 Å². The molecule has 2 aromatic heterocycles. The number of nitrogens with zero attached hydrogens (tertiary/aromatic N) is 3. The lowest BCUT2D eigenvalue weighted by Crippen LogP contribution is -2.27. The minimum Gasteiger partial charge on any atom is -0.591 e. The molecule has 0 bridgehead atoms. The second-order valence-corrected chi connectivity index (χ2v) is 17.2. The van der Waals surface area contributed by atoms with Crippen molar-refractivity contribution >= 4 is 31.1 Å². The molecule has 0 fully saturated rings. The predicted molar refractivity (Wildman–Crippen MR) is 132 cm³/mol. The van der Waals surface area contributed by atoms with E-state index < -0.39 is 30.2 Å². The second kappa shape index (κ2) is 11.3. The minimum absolute atomic E-state index is 0.219. The fourth-order valence-corrected chi connectivity index (χ4v) is 4.03. The summed E-state index contributed by atoms with van der Waals surface area (Å²) in [6.07, 6.45) is 3.45. The molecule has 2 rings (SSSR count). The van der Waals surface area contributed by atoms with Crippen LogP contribution < -0.4 is 0 Å². The number of aromatic nitrogens is 2. The van der Waals surface area contributed by atoms with Crippen LogP contribution in [0.5, 0.6) is 0 Å². The lowest BCUT2D eigenvalue weighted by molar-refractivity contribution is 0.0473. The largest absolute Gasteiger partial charge is 0.591 e. The monoisotopic (exact) mass is 477 g/mol. The van der Waals surface area contributed by atoms with Crippen LogP contribution in [0.3, 0.4) is 0 Å². The molecule has 2 aromatic rings. The van der Waals surface area contributed by atoms with Gasteiger partial charge in [0.2, 0.25) is 0 Å². The summed E-state index contributed by atoms with van der Waals surface area (Å²) >= 11 is -1.50. The highest BCUT2D eigenvalue weighted by Gasteiger charge is 2.29. The maximum absolute atomic E-state index is 12.8. The minimum atomic E-state index is -1.50. The molecule has 0 radical (unpaired) electrons. The highest BCUT2D eigenvalue weighted by molar-refractivity contribution is 7.91. The first kappa shape index (κ1) is 26.3. The van der Waals surface area contributed by atoms with E-state index in [0.29, 0.717) is 29.3 Å². The molecule has 0 N–H and O–H groups in total. The van der Waals surface area contributed by atoms with Gasteiger partial charge >= 0.3 is 5.97 Å². The van der Waals surface area contributed by atoms with Crippen molar-refractivity contribution in [3.05, 3.63) is 53.6 Å². The molecule has 0 amide bonds. The van der Waals surface area contributed by atoms with Crippen molar-refractivity contribution in [1.29, 1.82) is 0 Å². The van der Waals surface area contributed by atoms with E-state index in [-0.39, 0.29) is 13.3 Å². The summed E-state index contributed by atoms with van der Waals surface area (Å²) in [4.78, 5) is 17.0. The zero-order valence-electron chi connectivity index (χ0n) is 20.2. The summed E-state index contributed by atoms with van der Waals surface area (Å²) < 4.78 is 29.6. The Hall–Kier alpha value is -1.94. The number of ether oxygens (including phenoxy) is 2. The van der Waals surface area contributed by atoms with Crippen LogP contribution >= 0.6 is 0 Å². The van der Waals surface area contributed by atoms with Gasteiger partial charge < -0.3 is 18.6 Å². The highest BCUT2D eigenvalue weighted by atomic mass is 32.2. The first-order chi connectivity index (χ1) is 14.9. The van der Waals surface area contributed by atoms with Gasteiger partial charge in [-0.3, -0.25) is 4.98 Å². The molecule has 176 valence electrons. The Morgan fingerprint density at radius 1 is 1.28 bits per heavy atom. The molecule has 0 spiro atoms. The standard InChI is InChI=1S/C23H35N3O4SSi/c1-8-30-22(27)20-15-18(16-26(20)17-29-13-14-32(5,6)7)21(19-11-9-10-12-24-19)25-31(28)23(2,3)4/h9-12,15-16H,8,13-14,17H2,1-7H3. The number of esters is 1. The van der Waals surface area contributed by atoms with Crippen molar-refractivity contribution in [3.8, 4) is 0 Å². The van der Waals surface area contributed by atoms with E-state index >= 15 is 0 Å². The van der Waals surface area contributed by atoms with Crippen molar-refractivity contribution in [2.75, 3.05) is 13.2 Å². The van der Waals surface area contributed by atoms with Gasteiger partial charge in [-0.25, -0.2) is 4.79 Å². The van der Waals surface area contributed by atoms with Crippen molar-refractivity contribution in [2.24, 2.45) is 4.40 Å². The first-order valence-corrected chi connectivity index (χ1v) is 15.6. The van der Waals surface area contributed by atoms with Crippen LogP contribution in [0.1, 0.15) is 49.4 Å². The van der Waals surface area contributed by atoms with Gasteiger partial charge in [-0.2, -0.15) is 0 Å². The Kier molecular flexibility index (Phi) is 9.26. The third kappa shape index (κ3) is 7.88. The summed E-state index contributed by atoms with van der Waals surface area (Å²) in [5, 5.41) is 0. The van der Waals surface area contributed by atoms with Gasteiger partial charge in [-0.15, -0.1) is 0 Å². The Bertz CT molecular complexity index is 918. The average molecular weight is 478 g/mol. The summed E-state index contributed by atoms with van der Waals surface area (Å²) in [5.41, 5.74) is 2.04. The zero-order chi connectivity index (χ0) is 23.9. The molecule has 0 aromatic carbocycles. The second-order valence-electron chi connectivity index (χ2n) is 9.67. The smallest absolute Gasteiger partial charge is 0.355 e. The molecule has 1 unspecified atom stereocenters. The van der Waals surface area contributed by atoms with Crippen LogP contribution in [-0.4, -0.2) is 51.8 Å². The lowest BCUT2D eigenvalue weighted by atomic mass is 10.1. The summed E-state index contributed by atoms with van der Waals surface area (Å²) in [6.45, 7) is 15.3. The van der Waals surface area contributed by atoms with Crippen LogP contribution in [-0.2, 0) is 27.6 Å². The number of hydrogen-bond donors (Lipinski definition) is 0. The molecular weight excluding hydrogens is 442 g/mol. The number of carbonyl (C=O) groups excluding carboxylic acids is 1. The Balaban J connectivity index is 2.44. The van der Waals surface area contributed by atoms with Crippen molar-refractivity contribution in [1.82, 2.24) is 9.55 Å². The molecule has 1 atom stereocenters. The molecule has 0 aliphatic heterocycles. The van der Waals surface area contributed by atoms with Crippen LogP contribution in [0.25, 0.3) is 0 Å². The fourth-order valence-electron chi connectivity index (χ4n) is 2.63. The maximum atomic E-state index is 12.8. The number of hydrogen-bond acceptors (Lipinski definition) is 6. The van der Waals surface area contributed by atoms with Gasteiger partial charge in [-0.1, -0.05) is 30.1 Å². The lowest BCUT2D eigenvalue weighted by Gasteiger charge is -2.19. The van der Waals surface area contributed by atoms with Gasteiger partial charge in [0, 0.05) is 32.6 Å². The topological polar surface area (TPSA) is 88.8 Å². The van der Waals surface area contributed by atoms with E-state index in [0.717, 1.165) is 6.04 Å². The van der Waals surface area contributed by atoms with E-state index in [1.165, 1.54) is 0 Å². The Morgan fingerprint density at radius 3 is 2.56 bits per heavy atom. The molecule has 0 aliphatic rings. The molecular formula is C23H35N3O4SSi. The molecule has 32 heavy (non-hydrogen) atoms. The van der Waals surface area contributed by atoms with Gasteiger partial charge in [0.05, 0.1) is 12.3 Å². The van der Waals surface area contributed by atoms with Gasteiger partial charge in [-0.05, 0) is 51.9 Å². The van der Waals surface area contributed by atoms with Crippen molar-refractivity contribution in [3.63, 3.8) is 0 Å². The van der Waals surface area contributed by atoms with E-state index in [1.807, 2.05) is 39.0 Å². The van der Waals surface area contributed by atoms with E-state index in [1.54, 1.807) is 30.0 Å².